The second-order valence-corrected chi connectivity index (χ2v) is 3.89. The molecule has 90 valence electrons. The van der Waals surface area contributed by atoms with E-state index in [1.165, 1.54) is 24.3 Å². The van der Waals surface area contributed by atoms with Crippen LogP contribution in [0.4, 0.5) is 20.2 Å². The van der Waals surface area contributed by atoms with Crippen molar-refractivity contribution in [1.29, 1.82) is 5.26 Å². The number of benzene rings is 2. The van der Waals surface area contributed by atoms with Gasteiger partial charge < -0.3 is 5.32 Å². The molecule has 0 unspecified atom stereocenters. The number of halogens is 2. The highest BCUT2D eigenvalue weighted by atomic mass is 19.1. The van der Waals surface area contributed by atoms with E-state index in [9.17, 15) is 8.78 Å². The molecular weight excluding hydrogens is 234 g/mol. The Morgan fingerprint density at radius 2 is 1.67 bits per heavy atom. The first-order valence-corrected chi connectivity index (χ1v) is 5.33. The zero-order chi connectivity index (χ0) is 13.1. The molecule has 0 aliphatic rings. The van der Waals surface area contributed by atoms with E-state index in [-0.39, 0.29) is 11.4 Å². The van der Waals surface area contributed by atoms with Crippen molar-refractivity contribution in [2.24, 2.45) is 0 Å². The zero-order valence-electron chi connectivity index (χ0n) is 9.67. The monoisotopic (exact) mass is 244 g/mol. The lowest BCUT2D eigenvalue weighted by atomic mass is 10.1. The summed E-state index contributed by atoms with van der Waals surface area (Å²) in [6.07, 6.45) is 0. The smallest absolute Gasteiger partial charge is 0.125 e. The average Bonchev–Trinajstić information content (AvgIpc) is 2.36. The largest absolute Gasteiger partial charge is 0.354 e. The standard InChI is InChI=1S/C14H10F2N2/c1-9-2-3-12(16)7-14(9)18-13-5-4-11(15)6-10(13)8-17/h2-7,18H,1H3. The maximum absolute atomic E-state index is 13.1. The van der Waals surface area contributed by atoms with Crippen LogP contribution in [0, 0.1) is 29.9 Å². The van der Waals surface area contributed by atoms with Crippen LogP contribution in [0.5, 0.6) is 0 Å². The van der Waals surface area contributed by atoms with Crippen molar-refractivity contribution in [3.8, 4) is 6.07 Å². The van der Waals surface area contributed by atoms with Gasteiger partial charge in [-0.25, -0.2) is 8.78 Å². The summed E-state index contributed by atoms with van der Waals surface area (Å²) in [5.41, 5.74) is 2.02. The van der Waals surface area contributed by atoms with Gasteiger partial charge in [-0.2, -0.15) is 5.26 Å². The topological polar surface area (TPSA) is 35.8 Å². The van der Waals surface area contributed by atoms with Gasteiger partial charge in [0.05, 0.1) is 11.3 Å². The van der Waals surface area contributed by atoms with Gasteiger partial charge in [-0.1, -0.05) is 6.07 Å². The number of anilines is 2. The molecular formula is C14H10F2N2. The van der Waals surface area contributed by atoms with Crippen molar-refractivity contribution in [1.82, 2.24) is 0 Å². The fraction of sp³-hybridized carbons (Fsp3) is 0.0714. The third-order valence-corrected chi connectivity index (χ3v) is 2.57. The van der Waals surface area contributed by atoms with Crippen LogP contribution in [0.1, 0.15) is 11.1 Å². The molecule has 2 aromatic rings. The second-order valence-electron chi connectivity index (χ2n) is 3.89. The van der Waals surface area contributed by atoms with Crippen molar-refractivity contribution in [2.45, 2.75) is 6.92 Å². The van der Waals surface area contributed by atoms with Gasteiger partial charge in [-0.3, -0.25) is 0 Å². The molecule has 0 aliphatic carbocycles. The number of aryl methyl sites for hydroxylation is 1. The summed E-state index contributed by atoms with van der Waals surface area (Å²) in [7, 11) is 0. The molecule has 1 N–H and O–H groups in total. The maximum atomic E-state index is 13.1. The Labute approximate surface area is 103 Å². The van der Waals surface area contributed by atoms with E-state index in [1.54, 1.807) is 6.07 Å². The molecule has 0 aliphatic heterocycles. The molecule has 0 aromatic heterocycles. The summed E-state index contributed by atoms with van der Waals surface area (Å²) < 4.78 is 26.1. The van der Waals surface area contributed by atoms with Crippen LogP contribution < -0.4 is 5.32 Å². The van der Waals surface area contributed by atoms with E-state index < -0.39 is 5.82 Å². The molecule has 4 heteroatoms. The Morgan fingerprint density at radius 1 is 1.00 bits per heavy atom. The average molecular weight is 244 g/mol. The number of nitrogens with zero attached hydrogens (tertiary/aromatic N) is 1. The van der Waals surface area contributed by atoms with Crippen LogP contribution in [0.25, 0.3) is 0 Å². The third-order valence-electron chi connectivity index (χ3n) is 2.57. The molecule has 0 bridgehead atoms. The summed E-state index contributed by atoms with van der Waals surface area (Å²) in [5, 5.41) is 11.8. The first-order chi connectivity index (χ1) is 8.60. The van der Waals surface area contributed by atoms with Crippen LogP contribution in [-0.4, -0.2) is 0 Å². The Kier molecular flexibility index (Phi) is 3.24. The van der Waals surface area contributed by atoms with E-state index in [2.05, 4.69) is 5.32 Å². The predicted octanol–water partition coefficient (Wildman–Crippen LogP) is 3.89. The van der Waals surface area contributed by atoms with Crippen LogP contribution in [0.3, 0.4) is 0 Å². The number of nitrogens with one attached hydrogen (secondary N) is 1. The second kappa shape index (κ2) is 4.84. The van der Waals surface area contributed by atoms with Gasteiger partial charge >= 0.3 is 0 Å². The van der Waals surface area contributed by atoms with Crippen molar-refractivity contribution in [3.63, 3.8) is 0 Å². The SMILES string of the molecule is Cc1ccc(F)cc1Nc1ccc(F)cc1C#N. The molecule has 0 saturated carbocycles. The third kappa shape index (κ3) is 2.46. The van der Waals surface area contributed by atoms with Crippen molar-refractivity contribution < 1.29 is 8.78 Å². The lowest BCUT2D eigenvalue weighted by Crippen LogP contribution is -1.97. The molecule has 2 rings (SSSR count). The lowest BCUT2D eigenvalue weighted by molar-refractivity contribution is 0.627. The van der Waals surface area contributed by atoms with Gasteiger partial charge in [-0.15, -0.1) is 0 Å². The number of hydrogen-bond acceptors (Lipinski definition) is 2. The highest BCUT2D eigenvalue weighted by Crippen LogP contribution is 2.24. The predicted molar refractivity (Wildman–Crippen MR) is 65.5 cm³/mol. The number of rotatable bonds is 2. The lowest BCUT2D eigenvalue weighted by Gasteiger charge is -2.11. The minimum Gasteiger partial charge on any atom is -0.354 e. The molecule has 2 aromatic carbocycles. The van der Waals surface area contributed by atoms with Gasteiger partial charge in [0.15, 0.2) is 0 Å². The minimum atomic E-state index is -0.479. The van der Waals surface area contributed by atoms with Gasteiger partial charge in [0, 0.05) is 5.69 Å². The Bertz CT molecular complexity index is 630. The molecule has 0 spiro atoms. The van der Waals surface area contributed by atoms with Crippen LogP contribution >= 0.6 is 0 Å². The quantitative estimate of drug-likeness (QED) is 0.869. The highest BCUT2D eigenvalue weighted by Gasteiger charge is 2.06. The van der Waals surface area contributed by atoms with E-state index in [4.69, 9.17) is 5.26 Å². The van der Waals surface area contributed by atoms with E-state index in [0.29, 0.717) is 11.4 Å². The Balaban J connectivity index is 2.40. The zero-order valence-corrected chi connectivity index (χ0v) is 9.67. The van der Waals surface area contributed by atoms with Gasteiger partial charge in [-0.05, 0) is 42.8 Å². The normalized spacial score (nSPS) is 9.89. The first-order valence-electron chi connectivity index (χ1n) is 5.33. The van der Waals surface area contributed by atoms with E-state index in [0.717, 1.165) is 11.6 Å². The molecule has 0 heterocycles. The minimum absolute atomic E-state index is 0.179. The van der Waals surface area contributed by atoms with Crippen LogP contribution in [0.2, 0.25) is 0 Å². The number of nitriles is 1. The first kappa shape index (κ1) is 12.1. The van der Waals surface area contributed by atoms with Gasteiger partial charge in [0.1, 0.15) is 17.7 Å². The van der Waals surface area contributed by atoms with Crippen molar-refractivity contribution >= 4 is 11.4 Å². The van der Waals surface area contributed by atoms with Gasteiger partial charge in [0.25, 0.3) is 0 Å². The number of hydrogen-bond donors (Lipinski definition) is 1. The summed E-state index contributed by atoms with van der Waals surface area (Å²) in [4.78, 5) is 0. The molecule has 2 nitrogen and oxygen atoms in total. The van der Waals surface area contributed by atoms with E-state index >= 15 is 0 Å². The Hall–Kier alpha value is -2.41. The molecule has 0 radical (unpaired) electrons. The summed E-state index contributed by atoms with van der Waals surface area (Å²) in [6.45, 7) is 1.82. The van der Waals surface area contributed by atoms with E-state index in [1.807, 2.05) is 13.0 Å². The molecule has 0 saturated heterocycles. The fourth-order valence-electron chi connectivity index (χ4n) is 1.59. The molecule has 0 fully saturated rings. The van der Waals surface area contributed by atoms with Crippen LogP contribution in [0.15, 0.2) is 36.4 Å². The molecule has 0 atom stereocenters. The van der Waals surface area contributed by atoms with Crippen LogP contribution in [-0.2, 0) is 0 Å². The molecule has 18 heavy (non-hydrogen) atoms. The summed E-state index contributed by atoms with van der Waals surface area (Å²) in [6, 6.07) is 10.1. The summed E-state index contributed by atoms with van der Waals surface area (Å²) >= 11 is 0. The Morgan fingerprint density at radius 3 is 2.39 bits per heavy atom. The fourth-order valence-corrected chi connectivity index (χ4v) is 1.59. The van der Waals surface area contributed by atoms with Crippen molar-refractivity contribution in [3.05, 3.63) is 59.2 Å². The van der Waals surface area contributed by atoms with Gasteiger partial charge in [0.2, 0.25) is 0 Å². The maximum Gasteiger partial charge on any atom is 0.125 e. The summed E-state index contributed by atoms with van der Waals surface area (Å²) in [5.74, 6) is -0.850. The molecule has 0 amide bonds. The van der Waals surface area contributed by atoms with Crippen molar-refractivity contribution in [2.75, 3.05) is 5.32 Å². The highest BCUT2D eigenvalue weighted by molar-refractivity contribution is 5.68.